The molecule has 2 atom stereocenters. The lowest BCUT2D eigenvalue weighted by atomic mass is 9.85. The molecule has 2 unspecified atom stereocenters. The molecule has 0 aromatic carbocycles. The predicted molar refractivity (Wildman–Crippen MR) is 63.5 cm³/mol. The van der Waals surface area contributed by atoms with Crippen molar-refractivity contribution in [1.29, 1.82) is 0 Å². The number of aromatic nitrogens is 2. The third-order valence-corrected chi connectivity index (χ3v) is 3.22. The summed E-state index contributed by atoms with van der Waals surface area (Å²) >= 11 is 5.59. The van der Waals surface area contributed by atoms with E-state index in [1.165, 1.54) is 0 Å². The summed E-state index contributed by atoms with van der Waals surface area (Å²) < 4.78 is 18.7. The van der Waals surface area contributed by atoms with Crippen molar-refractivity contribution >= 4 is 11.6 Å². The summed E-state index contributed by atoms with van der Waals surface area (Å²) in [5, 5.41) is -0.00186. The van der Waals surface area contributed by atoms with E-state index in [4.69, 9.17) is 16.3 Å². The first-order valence-electron chi connectivity index (χ1n) is 5.62. The SMILES string of the molecule is CC1CC=CCC1COc1nc(Cl)ncc1F. The van der Waals surface area contributed by atoms with Crippen molar-refractivity contribution in [3.05, 3.63) is 29.4 Å². The van der Waals surface area contributed by atoms with Crippen LogP contribution in [0.25, 0.3) is 0 Å². The van der Waals surface area contributed by atoms with Crippen molar-refractivity contribution in [2.75, 3.05) is 6.61 Å². The zero-order valence-electron chi connectivity index (χ0n) is 9.57. The fraction of sp³-hybridized carbons (Fsp3) is 0.500. The molecule has 0 saturated heterocycles. The molecule has 0 aliphatic heterocycles. The quantitative estimate of drug-likeness (QED) is 0.615. The van der Waals surface area contributed by atoms with Crippen LogP contribution in [0.5, 0.6) is 5.88 Å². The average Bonchev–Trinajstić information content (AvgIpc) is 2.32. The Morgan fingerprint density at radius 2 is 2.24 bits per heavy atom. The van der Waals surface area contributed by atoms with Gasteiger partial charge in [0.1, 0.15) is 0 Å². The van der Waals surface area contributed by atoms with E-state index in [1.54, 1.807) is 0 Å². The van der Waals surface area contributed by atoms with Crippen molar-refractivity contribution in [1.82, 2.24) is 9.97 Å². The van der Waals surface area contributed by atoms with E-state index >= 15 is 0 Å². The van der Waals surface area contributed by atoms with Crippen LogP contribution in [0.4, 0.5) is 4.39 Å². The van der Waals surface area contributed by atoms with E-state index in [0.29, 0.717) is 18.4 Å². The maximum absolute atomic E-state index is 13.3. The highest BCUT2D eigenvalue weighted by atomic mass is 35.5. The molecule has 5 heteroatoms. The van der Waals surface area contributed by atoms with Crippen LogP contribution >= 0.6 is 11.6 Å². The Bertz CT molecular complexity index is 425. The van der Waals surface area contributed by atoms with Crippen LogP contribution in [0.1, 0.15) is 19.8 Å². The summed E-state index contributed by atoms with van der Waals surface area (Å²) in [4.78, 5) is 7.26. The highest BCUT2D eigenvalue weighted by molar-refractivity contribution is 6.28. The number of allylic oxidation sites excluding steroid dienone is 2. The van der Waals surface area contributed by atoms with Gasteiger partial charge in [-0.3, -0.25) is 0 Å². The Kier molecular flexibility index (Phi) is 3.94. The van der Waals surface area contributed by atoms with Crippen LogP contribution in [0, 0.1) is 17.7 Å². The standard InChI is InChI=1S/C12H14ClFN2O/c1-8-4-2-3-5-9(8)7-17-11-10(14)6-15-12(13)16-11/h2-3,6,8-9H,4-5,7H2,1H3. The summed E-state index contributed by atoms with van der Waals surface area (Å²) in [6.45, 7) is 2.62. The van der Waals surface area contributed by atoms with Crippen molar-refractivity contribution in [3.63, 3.8) is 0 Å². The molecule has 2 rings (SSSR count). The summed E-state index contributed by atoms with van der Waals surface area (Å²) in [5.41, 5.74) is 0. The Labute approximate surface area is 105 Å². The molecule has 0 N–H and O–H groups in total. The zero-order chi connectivity index (χ0) is 12.3. The maximum atomic E-state index is 13.3. The highest BCUT2D eigenvalue weighted by Crippen LogP contribution is 2.26. The number of rotatable bonds is 3. The zero-order valence-corrected chi connectivity index (χ0v) is 10.3. The van der Waals surface area contributed by atoms with Crippen molar-refractivity contribution in [2.24, 2.45) is 11.8 Å². The molecular weight excluding hydrogens is 243 g/mol. The van der Waals surface area contributed by atoms with Gasteiger partial charge < -0.3 is 4.74 Å². The van der Waals surface area contributed by atoms with Gasteiger partial charge in [0, 0.05) is 0 Å². The van der Waals surface area contributed by atoms with Gasteiger partial charge in [0.05, 0.1) is 12.8 Å². The van der Waals surface area contributed by atoms with Gasteiger partial charge in [0.25, 0.3) is 5.88 Å². The van der Waals surface area contributed by atoms with Gasteiger partial charge in [-0.2, -0.15) is 9.37 Å². The Morgan fingerprint density at radius 1 is 1.47 bits per heavy atom. The molecule has 17 heavy (non-hydrogen) atoms. The first-order chi connectivity index (χ1) is 8.16. The second kappa shape index (κ2) is 5.45. The molecular formula is C12H14ClFN2O. The minimum absolute atomic E-state index is 0.00186. The van der Waals surface area contributed by atoms with Crippen molar-refractivity contribution in [2.45, 2.75) is 19.8 Å². The predicted octanol–water partition coefficient (Wildman–Crippen LogP) is 3.25. The number of nitrogens with zero attached hydrogens (tertiary/aromatic N) is 2. The molecule has 0 bridgehead atoms. The van der Waals surface area contributed by atoms with Crippen LogP contribution < -0.4 is 4.74 Å². The second-order valence-electron chi connectivity index (χ2n) is 4.28. The minimum atomic E-state index is -0.576. The Hall–Kier alpha value is -1.16. The molecule has 0 amide bonds. The molecule has 0 saturated carbocycles. The van der Waals surface area contributed by atoms with Gasteiger partial charge in [-0.05, 0) is 36.3 Å². The fourth-order valence-corrected chi connectivity index (χ4v) is 1.98. The summed E-state index contributed by atoms with van der Waals surface area (Å²) in [7, 11) is 0. The van der Waals surface area contributed by atoms with E-state index in [1.807, 2.05) is 0 Å². The molecule has 1 aromatic rings. The molecule has 0 fully saturated rings. The monoisotopic (exact) mass is 256 g/mol. The summed E-state index contributed by atoms with van der Waals surface area (Å²) in [6, 6.07) is 0. The normalized spacial score (nSPS) is 23.7. The van der Waals surface area contributed by atoms with E-state index in [2.05, 4.69) is 29.0 Å². The van der Waals surface area contributed by atoms with Crippen LogP contribution in [0.15, 0.2) is 18.3 Å². The Balaban J connectivity index is 1.97. The molecule has 1 aliphatic rings. The fourth-order valence-electron chi connectivity index (χ4n) is 1.86. The van der Waals surface area contributed by atoms with Gasteiger partial charge in [-0.1, -0.05) is 19.1 Å². The van der Waals surface area contributed by atoms with Crippen LogP contribution in [-0.4, -0.2) is 16.6 Å². The van der Waals surface area contributed by atoms with Crippen molar-refractivity contribution < 1.29 is 9.13 Å². The molecule has 92 valence electrons. The summed E-state index contributed by atoms with van der Waals surface area (Å²) in [5.74, 6) is 0.300. The van der Waals surface area contributed by atoms with E-state index in [0.717, 1.165) is 19.0 Å². The van der Waals surface area contributed by atoms with Gasteiger partial charge in [0.2, 0.25) is 11.1 Å². The number of hydrogen-bond acceptors (Lipinski definition) is 3. The molecule has 1 aliphatic carbocycles. The smallest absolute Gasteiger partial charge is 0.254 e. The van der Waals surface area contributed by atoms with E-state index < -0.39 is 5.82 Å². The average molecular weight is 257 g/mol. The Morgan fingerprint density at radius 3 is 3.00 bits per heavy atom. The largest absolute Gasteiger partial charge is 0.475 e. The van der Waals surface area contributed by atoms with Crippen molar-refractivity contribution in [3.8, 4) is 5.88 Å². The molecule has 1 heterocycles. The third kappa shape index (κ3) is 3.16. The van der Waals surface area contributed by atoms with Crippen LogP contribution in [0.3, 0.4) is 0 Å². The summed E-state index contributed by atoms with van der Waals surface area (Å²) in [6.07, 6.45) is 7.33. The van der Waals surface area contributed by atoms with Crippen LogP contribution in [0.2, 0.25) is 5.28 Å². The van der Waals surface area contributed by atoms with Crippen LogP contribution in [-0.2, 0) is 0 Å². The van der Waals surface area contributed by atoms with Gasteiger partial charge in [-0.25, -0.2) is 4.98 Å². The minimum Gasteiger partial charge on any atom is -0.475 e. The lowest BCUT2D eigenvalue weighted by Crippen LogP contribution is -2.21. The number of ether oxygens (including phenoxy) is 1. The molecule has 1 aromatic heterocycles. The maximum Gasteiger partial charge on any atom is 0.254 e. The lowest BCUT2D eigenvalue weighted by Gasteiger charge is -2.24. The second-order valence-corrected chi connectivity index (χ2v) is 4.62. The first-order valence-corrected chi connectivity index (χ1v) is 6.00. The van der Waals surface area contributed by atoms with Gasteiger partial charge in [-0.15, -0.1) is 0 Å². The molecule has 0 radical (unpaired) electrons. The van der Waals surface area contributed by atoms with Gasteiger partial charge in [0.15, 0.2) is 0 Å². The van der Waals surface area contributed by atoms with E-state index in [-0.39, 0.29) is 11.2 Å². The molecule has 0 spiro atoms. The highest BCUT2D eigenvalue weighted by Gasteiger charge is 2.20. The molecule has 3 nitrogen and oxygen atoms in total. The number of halogens is 2. The topological polar surface area (TPSA) is 35.0 Å². The van der Waals surface area contributed by atoms with E-state index in [9.17, 15) is 4.39 Å². The number of hydrogen-bond donors (Lipinski definition) is 0. The van der Waals surface area contributed by atoms with Gasteiger partial charge >= 0.3 is 0 Å². The lowest BCUT2D eigenvalue weighted by molar-refractivity contribution is 0.185. The third-order valence-electron chi connectivity index (χ3n) is 3.03. The first kappa shape index (κ1) is 12.3.